The van der Waals surface area contributed by atoms with Gasteiger partial charge in [0, 0.05) is 49.2 Å². The molecule has 1 N–H and O–H groups in total. The van der Waals surface area contributed by atoms with Gasteiger partial charge in [0.1, 0.15) is 17.5 Å². The van der Waals surface area contributed by atoms with Gasteiger partial charge in [0.2, 0.25) is 11.8 Å². The molecule has 2 amide bonds. The van der Waals surface area contributed by atoms with E-state index in [1.165, 1.54) is 12.1 Å². The lowest BCUT2D eigenvalue weighted by atomic mass is 9.80. The van der Waals surface area contributed by atoms with Crippen LogP contribution in [-0.4, -0.2) is 57.3 Å². The van der Waals surface area contributed by atoms with E-state index >= 15 is 0 Å². The molecule has 7 nitrogen and oxygen atoms in total. The van der Waals surface area contributed by atoms with E-state index in [1.54, 1.807) is 17.3 Å². The Kier molecular flexibility index (Phi) is 5.92. The molecular formula is C31H31F2N5O2. The van der Waals surface area contributed by atoms with E-state index in [0.29, 0.717) is 30.8 Å². The molecule has 4 heterocycles. The summed E-state index contributed by atoms with van der Waals surface area (Å²) >= 11 is 0. The van der Waals surface area contributed by atoms with Gasteiger partial charge in [0.15, 0.2) is 0 Å². The van der Waals surface area contributed by atoms with E-state index in [0.717, 1.165) is 28.5 Å². The molecule has 3 aliphatic rings. The smallest absolute Gasteiger partial charge is 0.243 e. The van der Waals surface area contributed by atoms with Crippen molar-refractivity contribution in [1.82, 2.24) is 19.8 Å². The molecule has 0 saturated carbocycles. The Balaban J connectivity index is 1.27. The van der Waals surface area contributed by atoms with Crippen LogP contribution in [0.2, 0.25) is 0 Å². The first-order chi connectivity index (χ1) is 18.9. The SMILES string of the molecule is CN1C[C@@](C)(c2cc(F)cc(F)c2)N(C/C=C/c2cnc3c(c2)C[C@@]2(C3)C(=O)Nc3ncccc32)C(=O)C1(C)C. The topological polar surface area (TPSA) is 78.4 Å². The molecule has 1 saturated heterocycles. The first-order valence-corrected chi connectivity index (χ1v) is 13.4. The molecule has 206 valence electrons. The van der Waals surface area contributed by atoms with Gasteiger partial charge in [-0.2, -0.15) is 0 Å². The molecule has 9 heteroatoms. The highest BCUT2D eigenvalue weighted by Gasteiger charge is 2.52. The summed E-state index contributed by atoms with van der Waals surface area (Å²) in [5, 5.41) is 2.91. The maximum absolute atomic E-state index is 14.2. The number of amides is 2. The summed E-state index contributed by atoms with van der Waals surface area (Å²) in [4.78, 5) is 39.3. The van der Waals surface area contributed by atoms with Crippen LogP contribution in [0.3, 0.4) is 0 Å². The average Bonchev–Trinajstić information content (AvgIpc) is 3.41. The van der Waals surface area contributed by atoms with Crippen molar-refractivity contribution in [3.8, 4) is 0 Å². The van der Waals surface area contributed by atoms with Gasteiger partial charge in [0.05, 0.1) is 16.5 Å². The second-order valence-electron chi connectivity index (χ2n) is 11.8. The Labute approximate surface area is 231 Å². The summed E-state index contributed by atoms with van der Waals surface area (Å²) in [6.45, 7) is 6.20. The minimum Gasteiger partial charge on any atom is -0.327 e. The van der Waals surface area contributed by atoms with Crippen LogP contribution in [0.25, 0.3) is 6.08 Å². The van der Waals surface area contributed by atoms with Crippen molar-refractivity contribution in [3.05, 3.63) is 94.5 Å². The second kappa shape index (κ2) is 9.02. The number of pyridine rings is 2. The van der Waals surface area contributed by atoms with Crippen LogP contribution in [0.5, 0.6) is 0 Å². The Hall–Kier alpha value is -3.98. The molecule has 0 unspecified atom stereocenters. The number of rotatable bonds is 4. The normalized spacial score (nSPS) is 25.5. The third-order valence-corrected chi connectivity index (χ3v) is 8.98. The average molecular weight is 544 g/mol. The summed E-state index contributed by atoms with van der Waals surface area (Å²) < 4.78 is 28.4. The summed E-state index contributed by atoms with van der Waals surface area (Å²) in [7, 11) is 1.85. The summed E-state index contributed by atoms with van der Waals surface area (Å²) in [5.74, 6) is -0.931. The zero-order chi connectivity index (χ0) is 28.4. The largest absolute Gasteiger partial charge is 0.327 e. The van der Waals surface area contributed by atoms with E-state index in [4.69, 9.17) is 0 Å². The van der Waals surface area contributed by atoms with E-state index < -0.39 is 28.1 Å². The number of nitrogens with zero attached hydrogens (tertiary/aromatic N) is 4. The quantitative estimate of drug-likeness (QED) is 0.533. The third-order valence-electron chi connectivity index (χ3n) is 8.98. The number of nitrogens with one attached hydrogen (secondary N) is 1. The molecule has 40 heavy (non-hydrogen) atoms. The highest BCUT2D eigenvalue weighted by Crippen LogP contribution is 2.46. The van der Waals surface area contributed by atoms with Crippen molar-refractivity contribution in [3.63, 3.8) is 0 Å². The zero-order valence-electron chi connectivity index (χ0n) is 23.0. The van der Waals surface area contributed by atoms with Crippen LogP contribution in [0, 0.1) is 11.6 Å². The number of anilines is 1. The zero-order valence-corrected chi connectivity index (χ0v) is 23.0. The molecule has 2 aromatic heterocycles. The van der Waals surface area contributed by atoms with Crippen LogP contribution < -0.4 is 5.32 Å². The van der Waals surface area contributed by atoms with Crippen LogP contribution in [0.15, 0.2) is 54.9 Å². The van der Waals surface area contributed by atoms with Crippen molar-refractivity contribution >= 4 is 23.7 Å². The lowest BCUT2D eigenvalue weighted by molar-refractivity contribution is -0.159. The predicted molar refractivity (Wildman–Crippen MR) is 147 cm³/mol. The van der Waals surface area contributed by atoms with Gasteiger partial charge in [-0.1, -0.05) is 18.2 Å². The molecule has 2 atom stereocenters. The molecule has 2 aliphatic heterocycles. The van der Waals surface area contributed by atoms with Crippen LogP contribution in [0.4, 0.5) is 14.6 Å². The number of hydrogen-bond donors (Lipinski definition) is 1. The highest BCUT2D eigenvalue weighted by atomic mass is 19.1. The van der Waals surface area contributed by atoms with E-state index in [2.05, 4.69) is 15.3 Å². The fourth-order valence-corrected chi connectivity index (χ4v) is 6.38. The van der Waals surface area contributed by atoms with E-state index in [9.17, 15) is 18.4 Å². The number of piperazine rings is 1. The summed E-state index contributed by atoms with van der Waals surface area (Å²) in [5.41, 5.74) is 1.62. The standard InChI is InChI=1S/C31H31F2N5O2/c1-29(2)28(40)38(30(3,18-37(29)4)21-12-22(32)14-23(33)13-21)10-6-7-19-11-20-15-31(16-25(20)35-17-19)24-8-5-9-34-26(24)36-27(31)39/h5-9,11-14,17H,10,15-16,18H2,1-4H3,(H,34,36,39)/b7-6+/t30-,31-/m0/s1. The number of fused-ring (bicyclic) bond motifs is 3. The van der Waals surface area contributed by atoms with Crippen molar-refractivity contribution in [2.75, 3.05) is 25.5 Å². The summed E-state index contributed by atoms with van der Waals surface area (Å²) in [6, 6.07) is 9.26. The minimum atomic E-state index is -0.950. The van der Waals surface area contributed by atoms with Gasteiger partial charge in [0.25, 0.3) is 0 Å². The van der Waals surface area contributed by atoms with Gasteiger partial charge in [-0.25, -0.2) is 13.8 Å². The van der Waals surface area contributed by atoms with E-state index in [-0.39, 0.29) is 18.4 Å². The lowest BCUT2D eigenvalue weighted by Gasteiger charge is -2.54. The molecule has 1 spiro atoms. The van der Waals surface area contributed by atoms with Gasteiger partial charge in [-0.15, -0.1) is 0 Å². The summed E-state index contributed by atoms with van der Waals surface area (Å²) in [6.07, 6.45) is 8.27. The molecular weight excluding hydrogens is 512 g/mol. The Morgan fingerprint density at radius 1 is 1.05 bits per heavy atom. The molecule has 3 aromatic rings. The molecule has 1 aliphatic carbocycles. The van der Waals surface area contributed by atoms with Crippen LogP contribution >= 0.6 is 0 Å². The first kappa shape index (κ1) is 26.3. The van der Waals surface area contributed by atoms with Crippen molar-refractivity contribution in [2.45, 2.75) is 50.1 Å². The van der Waals surface area contributed by atoms with Crippen LogP contribution in [0.1, 0.15) is 48.7 Å². The number of aromatic nitrogens is 2. The minimum absolute atomic E-state index is 0.0550. The van der Waals surface area contributed by atoms with Gasteiger partial charge < -0.3 is 10.2 Å². The molecule has 1 aromatic carbocycles. The molecule has 1 fully saturated rings. The maximum atomic E-state index is 14.2. The lowest BCUT2D eigenvalue weighted by Crippen LogP contribution is -2.69. The van der Waals surface area contributed by atoms with Crippen molar-refractivity contribution < 1.29 is 18.4 Å². The van der Waals surface area contributed by atoms with Crippen molar-refractivity contribution in [1.29, 1.82) is 0 Å². The number of halogens is 2. The van der Waals surface area contributed by atoms with Gasteiger partial charge in [-0.05, 0) is 75.2 Å². The monoisotopic (exact) mass is 543 g/mol. The van der Waals surface area contributed by atoms with Gasteiger partial charge in [-0.3, -0.25) is 19.5 Å². The number of likely N-dealkylation sites (N-methyl/N-ethyl adjacent to an activating group) is 1. The fraction of sp³-hybridized carbons (Fsp3) is 0.355. The molecule has 0 bridgehead atoms. The Bertz CT molecular complexity index is 1570. The number of carbonyl (C=O) groups excluding carboxylic acids is 2. The van der Waals surface area contributed by atoms with Crippen molar-refractivity contribution in [2.24, 2.45) is 0 Å². The highest BCUT2D eigenvalue weighted by molar-refractivity contribution is 6.06. The maximum Gasteiger partial charge on any atom is 0.243 e. The predicted octanol–water partition coefficient (Wildman–Crippen LogP) is 4.22. The number of benzene rings is 1. The number of hydrogen-bond acceptors (Lipinski definition) is 5. The van der Waals surface area contributed by atoms with E-state index in [1.807, 2.05) is 63.1 Å². The van der Waals surface area contributed by atoms with Gasteiger partial charge >= 0.3 is 0 Å². The van der Waals surface area contributed by atoms with Crippen LogP contribution in [-0.2, 0) is 33.4 Å². The third kappa shape index (κ3) is 3.94. The fourth-order valence-electron chi connectivity index (χ4n) is 6.38. The Morgan fingerprint density at radius 2 is 1.80 bits per heavy atom. The Morgan fingerprint density at radius 3 is 2.55 bits per heavy atom. The number of carbonyl (C=O) groups is 2. The second-order valence-corrected chi connectivity index (χ2v) is 11.8. The first-order valence-electron chi connectivity index (χ1n) is 13.4. The molecule has 0 radical (unpaired) electrons. The molecule has 6 rings (SSSR count).